The van der Waals surface area contributed by atoms with Crippen molar-refractivity contribution in [1.82, 2.24) is 10.3 Å². The lowest BCUT2D eigenvalue weighted by atomic mass is 9.97. The van der Waals surface area contributed by atoms with Crippen LogP contribution < -0.4 is 16.0 Å². The molecule has 0 bridgehead atoms. The van der Waals surface area contributed by atoms with Gasteiger partial charge in [-0.25, -0.2) is 9.78 Å². The average molecular weight is 370 g/mol. The van der Waals surface area contributed by atoms with Crippen molar-refractivity contribution >= 4 is 11.9 Å². The Morgan fingerprint density at radius 1 is 1.22 bits per heavy atom. The van der Waals surface area contributed by atoms with Gasteiger partial charge in [0.25, 0.3) is 0 Å². The molecular formula is C20H26N4O3. The molecule has 1 amide bonds. The fourth-order valence-electron chi connectivity index (χ4n) is 3.18. The smallest absolute Gasteiger partial charge is 0.407 e. The quantitative estimate of drug-likeness (QED) is 0.672. The summed E-state index contributed by atoms with van der Waals surface area (Å²) in [5.74, 6) is 1.38. The highest BCUT2D eigenvalue weighted by molar-refractivity contribution is 5.67. The van der Waals surface area contributed by atoms with Crippen LogP contribution in [0.5, 0.6) is 0 Å². The van der Waals surface area contributed by atoms with Crippen LogP contribution in [0.15, 0.2) is 48.5 Å². The Morgan fingerprint density at radius 3 is 2.67 bits per heavy atom. The SMILES string of the molecule is NC(O)COC(=O)NCC1CCN(c2cccc(-c3ccccc3)n2)CC1. The van der Waals surface area contributed by atoms with Gasteiger partial charge in [-0.05, 0) is 30.9 Å². The third kappa shape index (κ3) is 5.67. The van der Waals surface area contributed by atoms with E-state index in [0.717, 1.165) is 43.0 Å². The number of rotatable bonds is 6. The molecule has 7 heteroatoms. The van der Waals surface area contributed by atoms with Gasteiger partial charge in [-0.3, -0.25) is 0 Å². The zero-order valence-electron chi connectivity index (χ0n) is 15.3. The highest BCUT2D eigenvalue weighted by Crippen LogP contribution is 2.24. The van der Waals surface area contributed by atoms with E-state index in [1.807, 2.05) is 36.4 Å². The second-order valence-electron chi connectivity index (χ2n) is 6.72. The molecule has 4 N–H and O–H groups in total. The Kier molecular flexibility index (Phi) is 6.62. The number of piperidine rings is 1. The molecule has 7 nitrogen and oxygen atoms in total. The van der Waals surface area contributed by atoms with Crippen LogP contribution in [0.1, 0.15) is 12.8 Å². The van der Waals surface area contributed by atoms with E-state index in [2.05, 4.69) is 22.3 Å². The first kappa shape index (κ1) is 19.1. The van der Waals surface area contributed by atoms with Crippen LogP contribution in [-0.2, 0) is 4.74 Å². The van der Waals surface area contributed by atoms with Crippen LogP contribution in [-0.4, -0.2) is 48.7 Å². The highest BCUT2D eigenvalue weighted by Gasteiger charge is 2.21. The summed E-state index contributed by atoms with van der Waals surface area (Å²) in [6.45, 7) is 2.15. The first-order chi connectivity index (χ1) is 13.1. The molecule has 1 atom stereocenters. The second kappa shape index (κ2) is 9.34. The molecule has 2 aromatic rings. The van der Waals surface area contributed by atoms with Crippen molar-refractivity contribution in [3.63, 3.8) is 0 Å². The third-order valence-electron chi connectivity index (χ3n) is 4.66. The molecule has 27 heavy (non-hydrogen) atoms. The Morgan fingerprint density at radius 2 is 1.96 bits per heavy atom. The van der Waals surface area contributed by atoms with Gasteiger partial charge in [0.05, 0.1) is 5.69 Å². The summed E-state index contributed by atoms with van der Waals surface area (Å²) in [5.41, 5.74) is 7.22. The van der Waals surface area contributed by atoms with Crippen molar-refractivity contribution in [2.24, 2.45) is 11.7 Å². The minimum absolute atomic E-state index is 0.201. The highest BCUT2D eigenvalue weighted by atomic mass is 16.6. The number of nitrogens with two attached hydrogens (primary N) is 1. The van der Waals surface area contributed by atoms with Gasteiger partial charge in [-0.15, -0.1) is 0 Å². The number of amides is 1. The normalized spacial score (nSPS) is 16.0. The predicted molar refractivity (Wildman–Crippen MR) is 104 cm³/mol. The number of ether oxygens (including phenoxy) is 1. The molecule has 0 aliphatic carbocycles. The Balaban J connectivity index is 1.49. The molecule has 1 saturated heterocycles. The summed E-state index contributed by atoms with van der Waals surface area (Å²) >= 11 is 0. The molecule has 3 rings (SSSR count). The lowest BCUT2D eigenvalue weighted by Crippen LogP contribution is -2.39. The average Bonchev–Trinajstić information content (AvgIpc) is 2.72. The molecule has 1 aromatic heterocycles. The molecular weight excluding hydrogens is 344 g/mol. The van der Waals surface area contributed by atoms with Crippen molar-refractivity contribution in [3.8, 4) is 11.3 Å². The van der Waals surface area contributed by atoms with E-state index in [9.17, 15) is 4.79 Å². The summed E-state index contributed by atoms with van der Waals surface area (Å²) in [6.07, 6.45) is 0.256. The van der Waals surface area contributed by atoms with Gasteiger partial charge >= 0.3 is 6.09 Å². The van der Waals surface area contributed by atoms with Crippen LogP contribution in [0, 0.1) is 5.92 Å². The maximum absolute atomic E-state index is 11.5. The summed E-state index contributed by atoms with van der Waals surface area (Å²) < 4.78 is 4.79. The fourth-order valence-corrected chi connectivity index (χ4v) is 3.18. The lowest BCUT2D eigenvalue weighted by molar-refractivity contribution is 0.0711. The van der Waals surface area contributed by atoms with Crippen molar-refractivity contribution < 1.29 is 14.6 Å². The Labute approximate surface area is 159 Å². The first-order valence-electron chi connectivity index (χ1n) is 9.23. The number of anilines is 1. The van der Waals surface area contributed by atoms with Crippen LogP contribution in [0.3, 0.4) is 0 Å². The predicted octanol–water partition coefficient (Wildman–Crippen LogP) is 1.97. The van der Waals surface area contributed by atoms with Crippen LogP contribution in [0.4, 0.5) is 10.6 Å². The van der Waals surface area contributed by atoms with E-state index < -0.39 is 12.3 Å². The van der Waals surface area contributed by atoms with E-state index in [-0.39, 0.29) is 6.61 Å². The van der Waals surface area contributed by atoms with Crippen LogP contribution in [0.2, 0.25) is 0 Å². The minimum Gasteiger partial charge on any atom is -0.445 e. The number of carbonyl (C=O) groups excluding carboxylic acids is 1. The molecule has 0 radical (unpaired) electrons. The van der Waals surface area contributed by atoms with Crippen molar-refractivity contribution in [2.75, 3.05) is 31.1 Å². The number of nitrogens with zero attached hydrogens (tertiary/aromatic N) is 2. The van der Waals surface area contributed by atoms with Gasteiger partial charge in [-0.2, -0.15) is 0 Å². The van der Waals surface area contributed by atoms with Crippen molar-refractivity contribution in [3.05, 3.63) is 48.5 Å². The molecule has 1 aromatic carbocycles. The number of carbonyl (C=O) groups is 1. The maximum atomic E-state index is 11.5. The summed E-state index contributed by atoms with van der Waals surface area (Å²) in [7, 11) is 0. The topological polar surface area (TPSA) is 101 Å². The number of aromatic nitrogens is 1. The van der Waals surface area contributed by atoms with Gasteiger partial charge in [0.1, 0.15) is 18.7 Å². The molecule has 144 valence electrons. The van der Waals surface area contributed by atoms with E-state index >= 15 is 0 Å². The van der Waals surface area contributed by atoms with Gasteiger partial charge in [-0.1, -0.05) is 36.4 Å². The molecule has 1 fully saturated rings. The molecule has 1 unspecified atom stereocenters. The fraction of sp³-hybridized carbons (Fsp3) is 0.400. The van der Waals surface area contributed by atoms with E-state index in [1.54, 1.807) is 0 Å². The number of hydrogen-bond acceptors (Lipinski definition) is 6. The standard InChI is InChI=1S/C20H26N4O3/c21-18(25)14-27-20(26)22-13-15-9-11-24(12-10-15)19-8-4-7-17(23-19)16-5-2-1-3-6-16/h1-8,15,18,25H,9-14,21H2,(H,22,26). The summed E-state index contributed by atoms with van der Waals surface area (Å²) in [5, 5.41) is 11.6. The lowest BCUT2D eigenvalue weighted by Gasteiger charge is -2.33. The number of pyridine rings is 1. The third-order valence-corrected chi connectivity index (χ3v) is 4.66. The van der Waals surface area contributed by atoms with Gasteiger partial charge in [0.15, 0.2) is 0 Å². The van der Waals surface area contributed by atoms with Crippen LogP contribution in [0.25, 0.3) is 11.3 Å². The number of alkyl carbamates (subject to hydrolysis) is 1. The number of benzene rings is 1. The van der Waals surface area contributed by atoms with Gasteiger partial charge < -0.3 is 25.8 Å². The Hall–Kier alpha value is -2.64. The Bertz CT molecular complexity index is 731. The van der Waals surface area contributed by atoms with E-state index in [1.165, 1.54) is 0 Å². The molecule has 0 saturated carbocycles. The molecule has 2 heterocycles. The maximum Gasteiger partial charge on any atom is 0.407 e. The monoisotopic (exact) mass is 370 g/mol. The zero-order valence-corrected chi connectivity index (χ0v) is 15.3. The number of hydrogen-bond donors (Lipinski definition) is 3. The van der Waals surface area contributed by atoms with Crippen LogP contribution >= 0.6 is 0 Å². The van der Waals surface area contributed by atoms with Gasteiger partial charge in [0.2, 0.25) is 0 Å². The van der Waals surface area contributed by atoms with E-state index in [4.69, 9.17) is 20.6 Å². The second-order valence-corrected chi connectivity index (χ2v) is 6.72. The molecule has 1 aliphatic heterocycles. The minimum atomic E-state index is -1.14. The number of aliphatic hydroxyl groups excluding tert-OH is 1. The largest absolute Gasteiger partial charge is 0.445 e. The molecule has 1 aliphatic rings. The number of aliphatic hydroxyl groups is 1. The first-order valence-corrected chi connectivity index (χ1v) is 9.23. The zero-order chi connectivity index (χ0) is 19.1. The summed E-state index contributed by atoms with van der Waals surface area (Å²) in [6, 6.07) is 16.3. The van der Waals surface area contributed by atoms with Crippen molar-refractivity contribution in [2.45, 2.75) is 19.1 Å². The number of nitrogens with one attached hydrogen (secondary N) is 1. The van der Waals surface area contributed by atoms with Gasteiger partial charge in [0, 0.05) is 25.2 Å². The van der Waals surface area contributed by atoms with Crippen molar-refractivity contribution in [1.29, 1.82) is 0 Å². The summed E-state index contributed by atoms with van der Waals surface area (Å²) in [4.78, 5) is 18.6. The molecule has 0 spiro atoms. The van der Waals surface area contributed by atoms with E-state index in [0.29, 0.717) is 12.5 Å².